The minimum Gasteiger partial charge on any atom is -0.480 e. The minimum atomic E-state index is -1.14. The number of carboxylic acids is 1. The van der Waals surface area contributed by atoms with Crippen molar-refractivity contribution in [2.24, 2.45) is 5.92 Å². The van der Waals surface area contributed by atoms with Crippen molar-refractivity contribution >= 4 is 23.7 Å². The van der Waals surface area contributed by atoms with Crippen LogP contribution in [0.3, 0.4) is 0 Å². The predicted molar refractivity (Wildman–Crippen MR) is 87.5 cm³/mol. The Balaban J connectivity index is 2.07. The molecule has 7 nitrogen and oxygen atoms in total. The average Bonchev–Trinajstić information content (AvgIpc) is 2.92. The van der Waals surface area contributed by atoms with E-state index >= 15 is 0 Å². The Bertz CT molecular complexity index is 624. The highest BCUT2D eigenvalue weighted by molar-refractivity contribution is 5.94. The standard InChI is InChI=1S/C17H22N2O5/c1-17(2,3)24-16(23)19-10-11(9-13(19)15(21)22)14(20)18-12-7-5-4-6-8-12/h4-8,11,13H,9-10H2,1-3H3,(H,18,20)(H,21,22)/t11-,13+/m1/s1. The van der Waals surface area contributed by atoms with E-state index in [2.05, 4.69) is 5.32 Å². The number of carbonyl (C=O) groups excluding carboxylic acids is 2. The number of hydrogen-bond donors (Lipinski definition) is 2. The maximum absolute atomic E-state index is 12.4. The van der Waals surface area contributed by atoms with Gasteiger partial charge in [-0.05, 0) is 39.3 Å². The number of para-hydroxylation sites is 1. The molecule has 0 radical (unpaired) electrons. The zero-order valence-electron chi connectivity index (χ0n) is 14.0. The van der Waals surface area contributed by atoms with Crippen molar-refractivity contribution in [1.82, 2.24) is 4.90 Å². The second-order valence-corrected chi connectivity index (χ2v) is 6.77. The number of nitrogens with zero attached hydrogens (tertiary/aromatic N) is 1. The summed E-state index contributed by atoms with van der Waals surface area (Å²) in [5.74, 6) is -2.05. The van der Waals surface area contributed by atoms with Crippen molar-refractivity contribution in [3.8, 4) is 0 Å². The van der Waals surface area contributed by atoms with Gasteiger partial charge >= 0.3 is 12.1 Å². The maximum atomic E-state index is 12.4. The topological polar surface area (TPSA) is 95.9 Å². The van der Waals surface area contributed by atoms with Gasteiger partial charge in [0.2, 0.25) is 5.91 Å². The number of carboxylic acid groups (broad SMARTS) is 1. The number of benzene rings is 1. The number of likely N-dealkylation sites (tertiary alicyclic amines) is 1. The van der Waals surface area contributed by atoms with Crippen LogP contribution in [0.15, 0.2) is 30.3 Å². The molecule has 1 saturated heterocycles. The van der Waals surface area contributed by atoms with Gasteiger partial charge in [0.1, 0.15) is 11.6 Å². The Morgan fingerprint density at radius 2 is 1.83 bits per heavy atom. The lowest BCUT2D eigenvalue weighted by atomic mass is 10.0. The van der Waals surface area contributed by atoms with Crippen molar-refractivity contribution < 1.29 is 24.2 Å². The molecule has 2 amide bonds. The number of amides is 2. The largest absolute Gasteiger partial charge is 0.480 e. The third kappa shape index (κ3) is 4.47. The number of anilines is 1. The Morgan fingerprint density at radius 1 is 1.21 bits per heavy atom. The molecule has 1 fully saturated rings. The number of carbonyl (C=O) groups is 3. The summed E-state index contributed by atoms with van der Waals surface area (Å²) in [6.07, 6.45) is -0.655. The molecule has 1 aliphatic rings. The van der Waals surface area contributed by atoms with Crippen molar-refractivity contribution in [2.75, 3.05) is 11.9 Å². The van der Waals surface area contributed by atoms with Crippen LogP contribution >= 0.6 is 0 Å². The van der Waals surface area contributed by atoms with Crippen LogP contribution in [0.5, 0.6) is 0 Å². The van der Waals surface area contributed by atoms with Gasteiger partial charge in [-0.15, -0.1) is 0 Å². The molecule has 0 unspecified atom stereocenters. The molecule has 0 saturated carbocycles. The highest BCUT2D eigenvalue weighted by Gasteiger charge is 2.44. The summed E-state index contributed by atoms with van der Waals surface area (Å²) in [6.45, 7) is 5.13. The molecule has 24 heavy (non-hydrogen) atoms. The predicted octanol–water partition coefficient (Wildman–Crippen LogP) is 2.34. The van der Waals surface area contributed by atoms with E-state index in [9.17, 15) is 19.5 Å². The summed E-state index contributed by atoms with van der Waals surface area (Å²) in [6, 6.07) is 7.83. The molecule has 7 heteroatoms. The van der Waals surface area contributed by atoms with Crippen molar-refractivity contribution in [1.29, 1.82) is 0 Å². The van der Waals surface area contributed by atoms with Gasteiger partial charge in [-0.1, -0.05) is 18.2 Å². The molecule has 1 aromatic rings. The molecule has 0 bridgehead atoms. The Kier molecular flexibility index (Phi) is 5.11. The first-order valence-corrected chi connectivity index (χ1v) is 7.76. The van der Waals surface area contributed by atoms with Crippen LogP contribution in [0.25, 0.3) is 0 Å². The second-order valence-electron chi connectivity index (χ2n) is 6.77. The third-order valence-corrected chi connectivity index (χ3v) is 3.63. The fourth-order valence-corrected chi connectivity index (χ4v) is 2.55. The summed E-state index contributed by atoms with van der Waals surface area (Å²) in [5, 5.41) is 12.1. The Hall–Kier alpha value is -2.57. The van der Waals surface area contributed by atoms with Gasteiger partial charge in [0, 0.05) is 12.2 Å². The molecule has 1 heterocycles. The van der Waals surface area contributed by atoms with Gasteiger partial charge in [-0.2, -0.15) is 0 Å². The Morgan fingerprint density at radius 3 is 2.38 bits per heavy atom. The van der Waals surface area contributed by atoms with E-state index in [1.54, 1.807) is 45.0 Å². The highest BCUT2D eigenvalue weighted by Crippen LogP contribution is 2.27. The van der Waals surface area contributed by atoms with E-state index in [-0.39, 0.29) is 18.9 Å². The molecule has 0 aliphatic carbocycles. The molecule has 2 N–H and O–H groups in total. The van der Waals surface area contributed by atoms with E-state index in [1.807, 2.05) is 6.07 Å². The number of rotatable bonds is 3. The molecule has 2 rings (SSSR count). The summed E-state index contributed by atoms with van der Waals surface area (Å²) >= 11 is 0. The zero-order chi connectivity index (χ0) is 17.9. The summed E-state index contributed by atoms with van der Waals surface area (Å²) < 4.78 is 5.24. The summed E-state index contributed by atoms with van der Waals surface area (Å²) in [4.78, 5) is 37.1. The van der Waals surface area contributed by atoms with E-state index in [0.717, 1.165) is 4.90 Å². The van der Waals surface area contributed by atoms with Gasteiger partial charge in [-0.3, -0.25) is 9.69 Å². The maximum Gasteiger partial charge on any atom is 0.411 e. The number of aliphatic carboxylic acids is 1. The lowest BCUT2D eigenvalue weighted by Crippen LogP contribution is -2.43. The van der Waals surface area contributed by atoms with Crippen LogP contribution in [0.2, 0.25) is 0 Å². The first-order valence-electron chi connectivity index (χ1n) is 7.76. The van der Waals surface area contributed by atoms with Gasteiger partial charge in [0.05, 0.1) is 5.92 Å². The molecular formula is C17H22N2O5. The molecule has 1 aliphatic heterocycles. The van der Waals surface area contributed by atoms with Crippen molar-refractivity contribution in [3.63, 3.8) is 0 Å². The first-order chi connectivity index (χ1) is 11.2. The molecule has 130 valence electrons. The van der Waals surface area contributed by atoms with Crippen LogP contribution in [-0.4, -0.2) is 46.2 Å². The first kappa shape index (κ1) is 17.8. The van der Waals surface area contributed by atoms with Gasteiger partial charge in [0.15, 0.2) is 0 Å². The van der Waals surface area contributed by atoms with Gasteiger partial charge in [-0.25, -0.2) is 9.59 Å². The van der Waals surface area contributed by atoms with Crippen LogP contribution in [0, 0.1) is 5.92 Å². The van der Waals surface area contributed by atoms with Gasteiger partial charge in [0.25, 0.3) is 0 Å². The van der Waals surface area contributed by atoms with E-state index in [1.165, 1.54) is 0 Å². The van der Waals surface area contributed by atoms with E-state index in [4.69, 9.17) is 4.74 Å². The smallest absolute Gasteiger partial charge is 0.411 e. The molecular weight excluding hydrogens is 312 g/mol. The summed E-state index contributed by atoms with van der Waals surface area (Å²) in [5.41, 5.74) is -0.102. The van der Waals surface area contributed by atoms with Crippen LogP contribution < -0.4 is 5.32 Å². The average molecular weight is 334 g/mol. The lowest BCUT2D eigenvalue weighted by Gasteiger charge is -2.26. The molecule has 2 atom stereocenters. The van der Waals surface area contributed by atoms with Crippen molar-refractivity contribution in [2.45, 2.75) is 38.8 Å². The van der Waals surface area contributed by atoms with E-state index in [0.29, 0.717) is 5.69 Å². The zero-order valence-corrected chi connectivity index (χ0v) is 14.0. The van der Waals surface area contributed by atoms with E-state index < -0.39 is 29.6 Å². The Labute approximate surface area is 140 Å². The van der Waals surface area contributed by atoms with Crippen LogP contribution in [-0.2, 0) is 14.3 Å². The fraction of sp³-hybridized carbons (Fsp3) is 0.471. The normalized spacial score (nSPS) is 20.5. The lowest BCUT2D eigenvalue weighted by molar-refractivity contribution is -0.142. The minimum absolute atomic E-state index is 0.0184. The van der Waals surface area contributed by atoms with Gasteiger partial charge < -0.3 is 15.2 Å². The monoisotopic (exact) mass is 334 g/mol. The number of hydrogen-bond acceptors (Lipinski definition) is 4. The third-order valence-electron chi connectivity index (χ3n) is 3.63. The number of nitrogens with one attached hydrogen (secondary N) is 1. The van der Waals surface area contributed by atoms with Crippen LogP contribution in [0.1, 0.15) is 27.2 Å². The highest BCUT2D eigenvalue weighted by atomic mass is 16.6. The molecule has 0 aromatic heterocycles. The van der Waals surface area contributed by atoms with Crippen LogP contribution in [0.4, 0.5) is 10.5 Å². The fourth-order valence-electron chi connectivity index (χ4n) is 2.55. The number of ether oxygens (including phenoxy) is 1. The summed E-state index contributed by atoms with van der Waals surface area (Å²) in [7, 11) is 0. The SMILES string of the molecule is CC(C)(C)OC(=O)N1C[C@H](C(=O)Nc2ccccc2)C[C@H]1C(=O)O. The molecule has 1 aromatic carbocycles. The molecule has 0 spiro atoms. The van der Waals surface area contributed by atoms with Crippen molar-refractivity contribution in [3.05, 3.63) is 30.3 Å². The quantitative estimate of drug-likeness (QED) is 0.884. The second kappa shape index (κ2) is 6.90.